The predicted molar refractivity (Wildman–Crippen MR) is 90.0 cm³/mol. The van der Waals surface area contributed by atoms with E-state index >= 15 is 0 Å². The third-order valence-electron chi connectivity index (χ3n) is 2.84. The van der Waals surface area contributed by atoms with Gasteiger partial charge in [-0.15, -0.1) is 0 Å². The zero-order valence-electron chi connectivity index (χ0n) is 12.4. The molecular formula is C15H12Cl2N2O5. The molecule has 2 aromatic carbocycles. The number of anilines is 1. The Bertz CT molecular complexity index is 782. The van der Waals surface area contributed by atoms with E-state index in [0.717, 1.165) is 0 Å². The van der Waals surface area contributed by atoms with Gasteiger partial charge in [0.25, 0.3) is 12.5 Å². The van der Waals surface area contributed by atoms with Crippen molar-refractivity contribution in [3.05, 3.63) is 56.6 Å². The second kappa shape index (κ2) is 7.85. The van der Waals surface area contributed by atoms with Gasteiger partial charge >= 0.3 is 0 Å². The standard InChI is InChI=1S/C15H12Cl2N2O5/c1-23-13-5-2-9(18-15(20)8-19(21)22)6-14(13)24-10-3-4-11(16)12(17)7-10/h2-7H,8H2,1H3,(H,18,20). The van der Waals surface area contributed by atoms with Crippen molar-refractivity contribution in [3.63, 3.8) is 0 Å². The monoisotopic (exact) mass is 370 g/mol. The fourth-order valence-electron chi connectivity index (χ4n) is 1.82. The number of hydrogen-bond donors (Lipinski definition) is 1. The summed E-state index contributed by atoms with van der Waals surface area (Å²) >= 11 is 11.8. The number of hydrogen-bond acceptors (Lipinski definition) is 5. The smallest absolute Gasteiger partial charge is 0.296 e. The van der Waals surface area contributed by atoms with Crippen molar-refractivity contribution in [1.29, 1.82) is 0 Å². The first-order valence-corrected chi connectivity index (χ1v) is 7.37. The van der Waals surface area contributed by atoms with Gasteiger partial charge in [-0.1, -0.05) is 23.2 Å². The summed E-state index contributed by atoms with van der Waals surface area (Å²) in [6.07, 6.45) is 0. The normalized spacial score (nSPS) is 10.1. The molecule has 7 nitrogen and oxygen atoms in total. The number of rotatable bonds is 6. The summed E-state index contributed by atoms with van der Waals surface area (Å²) in [6, 6.07) is 9.31. The van der Waals surface area contributed by atoms with Crippen molar-refractivity contribution in [3.8, 4) is 17.2 Å². The van der Waals surface area contributed by atoms with E-state index in [1.165, 1.54) is 19.2 Å². The number of nitro groups is 1. The number of methoxy groups -OCH3 is 1. The second-order valence-corrected chi connectivity index (χ2v) is 5.40. The summed E-state index contributed by atoms with van der Waals surface area (Å²) in [7, 11) is 1.46. The highest BCUT2D eigenvalue weighted by Crippen LogP contribution is 2.36. The maximum Gasteiger partial charge on any atom is 0.296 e. The van der Waals surface area contributed by atoms with E-state index in [1.54, 1.807) is 24.3 Å². The summed E-state index contributed by atoms with van der Waals surface area (Å²) in [6.45, 7) is -0.824. The molecule has 0 aromatic heterocycles. The molecule has 9 heteroatoms. The molecule has 0 aliphatic heterocycles. The number of nitrogens with zero attached hydrogens (tertiary/aromatic N) is 1. The molecule has 0 bridgehead atoms. The summed E-state index contributed by atoms with van der Waals surface area (Å²) in [5.41, 5.74) is 0.331. The minimum absolute atomic E-state index is 0.301. The minimum Gasteiger partial charge on any atom is -0.493 e. The second-order valence-electron chi connectivity index (χ2n) is 4.58. The lowest BCUT2D eigenvalue weighted by Gasteiger charge is -2.12. The van der Waals surface area contributed by atoms with Gasteiger partial charge in [-0.3, -0.25) is 14.9 Å². The Hall–Kier alpha value is -2.51. The highest BCUT2D eigenvalue weighted by Gasteiger charge is 2.13. The zero-order chi connectivity index (χ0) is 17.7. The number of carbonyl (C=O) groups excluding carboxylic acids is 1. The van der Waals surface area contributed by atoms with Crippen LogP contribution < -0.4 is 14.8 Å². The van der Waals surface area contributed by atoms with E-state index in [4.69, 9.17) is 32.7 Å². The highest BCUT2D eigenvalue weighted by atomic mass is 35.5. The van der Waals surface area contributed by atoms with E-state index in [1.807, 2.05) is 0 Å². The number of amides is 1. The van der Waals surface area contributed by atoms with Crippen molar-refractivity contribution < 1.29 is 19.2 Å². The van der Waals surface area contributed by atoms with Gasteiger partial charge in [0.2, 0.25) is 0 Å². The highest BCUT2D eigenvalue weighted by molar-refractivity contribution is 6.42. The molecule has 0 atom stereocenters. The third-order valence-corrected chi connectivity index (χ3v) is 3.58. The molecule has 0 radical (unpaired) electrons. The molecule has 0 unspecified atom stereocenters. The van der Waals surface area contributed by atoms with Crippen LogP contribution in [0.3, 0.4) is 0 Å². The maximum absolute atomic E-state index is 11.5. The predicted octanol–water partition coefficient (Wildman–Crippen LogP) is 4.01. The van der Waals surface area contributed by atoms with E-state index in [2.05, 4.69) is 5.32 Å². The summed E-state index contributed by atoms with van der Waals surface area (Å²) in [4.78, 5) is 21.1. The third kappa shape index (κ3) is 4.74. The fourth-order valence-corrected chi connectivity index (χ4v) is 2.11. The molecule has 1 amide bonds. The van der Waals surface area contributed by atoms with Gasteiger partial charge in [-0.2, -0.15) is 0 Å². The molecule has 1 N–H and O–H groups in total. The number of carbonyl (C=O) groups is 1. The number of halogens is 2. The first kappa shape index (κ1) is 17.8. The van der Waals surface area contributed by atoms with E-state index in [9.17, 15) is 14.9 Å². The Kier molecular flexibility index (Phi) is 5.83. The van der Waals surface area contributed by atoms with Crippen LogP contribution in [0.1, 0.15) is 0 Å². The van der Waals surface area contributed by atoms with Crippen LogP contribution in [0.25, 0.3) is 0 Å². The molecule has 0 spiro atoms. The van der Waals surface area contributed by atoms with Crippen LogP contribution in [-0.4, -0.2) is 24.5 Å². The van der Waals surface area contributed by atoms with Crippen molar-refractivity contribution in [1.82, 2.24) is 0 Å². The van der Waals surface area contributed by atoms with Crippen LogP contribution in [0.4, 0.5) is 5.69 Å². The van der Waals surface area contributed by atoms with Crippen LogP contribution >= 0.6 is 23.2 Å². The molecule has 0 saturated heterocycles. The Labute approximate surface area is 147 Å². The van der Waals surface area contributed by atoms with Crippen molar-refractivity contribution >= 4 is 34.8 Å². The van der Waals surface area contributed by atoms with Gasteiger partial charge < -0.3 is 14.8 Å². The first-order valence-electron chi connectivity index (χ1n) is 6.61. The average molecular weight is 371 g/mol. The lowest BCUT2D eigenvalue weighted by Crippen LogP contribution is -2.21. The molecule has 0 aliphatic rings. The van der Waals surface area contributed by atoms with Gasteiger partial charge in [-0.25, -0.2) is 0 Å². The Balaban J connectivity index is 2.23. The van der Waals surface area contributed by atoms with Gasteiger partial charge in [-0.05, 0) is 24.3 Å². The molecule has 0 heterocycles. The topological polar surface area (TPSA) is 90.7 Å². The van der Waals surface area contributed by atoms with Crippen molar-refractivity contribution in [2.75, 3.05) is 19.0 Å². The van der Waals surface area contributed by atoms with Crippen molar-refractivity contribution in [2.45, 2.75) is 0 Å². The molecular weight excluding hydrogens is 359 g/mol. The van der Waals surface area contributed by atoms with Crippen LogP contribution in [0, 0.1) is 10.1 Å². The maximum atomic E-state index is 11.5. The van der Waals surface area contributed by atoms with Gasteiger partial charge in [0, 0.05) is 22.7 Å². The van der Waals surface area contributed by atoms with Gasteiger partial charge in [0.15, 0.2) is 11.5 Å². The Morgan fingerprint density at radius 3 is 2.54 bits per heavy atom. The Morgan fingerprint density at radius 1 is 1.17 bits per heavy atom. The lowest BCUT2D eigenvalue weighted by molar-refractivity contribution is -0.467. The van der Waals surface area contributed by atoms with Gasteiger partial charge in [0.05, 0.1) is 17.2 Å². The average Bonchev–Trinajstić information content (AvgIpc) is 2.50. The molecule has 0 saturated carbocycles. The van der Waals surface area contributed by atoms with E-state index in [0.29, 0.717) is 33.0 Å². The van der Waals surface area contributed by atoms with E-state index < -0.39 is 17.4 Å². The summed E-state index contributed by atoms with van der Waals surface area (Å²) in [5.74, 6) is 0.380. The SMILES string of the molecule is COc1ccc(NC(=O)C[N+](=O)[O-])cc1Oc1ccc(Cl)c(Cl)c1. The molecule has 0 fully saturated rings. The van der Waals surface area contributed by atoms with Crippen LogP contribution in [-0.2, 0) is 4.79 Å². The largest absolute Gasteiger partial charge is 0.493 e. The molecule has 2 aromatic rings. The number of nitrogens with one attached hydrogen (secondary N) is 1. The van der Waals surface area contributed by atoms with Crippen LogP contribution in [0.2, 0.25) is 10.0 Å². The quantitative estimate of drug-likeness (QED) is 0.612. The lowest BCUT2D eigenvalue weighted by atomic mass is 10.2. The van der Waals surface area contributed by atoms with Crippen LogP contribution in [0.15, 0.2) is 36.4 Å². The van der Waals surface area contributed by atoms with Crippen LogP contribution in [0.5, 0.6) is 17.2 Å². The summed E-state index contributed by atoms with van der Waals surface area (Å²) < 4.78 is 10.9. The molecule has 0 aliphatic carbocycles. The van der Waals surface area contributed by atoms with Gasteiger partial charge in [0.1, 0.15) is 5.75 Å². The fraction of sp³-hybridized carbons (Fsp3) is 0.133. The van der Waals surface area contributed by atoms with Crippen molar-refractivity contribution in [2.24, 2.45) is 0 Å². The molecule has 2 rings (SSSR count). The minimum atomic E-state index is -0.824. The summed E-state index contributed by atoms with van der Waals surface area (Å²) in [5, 5.41) is 13.5. The number of ether oxygens (including phenoxy) is 2. The molecule has 24 heavy (non-hydrogen) atoms. The van der Waals surface area contributed by atoms with E-state index in [-0.39, 0.29) is 0 Å². The molecule has 126 valence electrons. The zero-order valence-corrected chi connectivity index (χ0v) is 13.9. The Morgan fingerprint density at radius 2 is 1.92 bits per heavy atom. The first-order chi connectivity index (χ1) is 11.4. The number of benzene rings is 2.